The Labute approximate surface area is 154 Å². The summed E-state index contributed by atoms with van der Waals surface area (Å²) in [4.78, 5) is 11.1. The van der Waals surface area contributed by atoms with E-state index in [1.165, 1.54) is 0 Å². The molecule has 130 valence electrons. The zero-order valence-electron chi connectivity index (χ0n) is 14.5. The summed E-state index contributed by atoms with van der Waals surface area (Å²) in [6, 6.07) is 8.19. The molecule has 0 bridgehead atoms. The summed E-state index contributed by atoms with van der Waals surface area (Å²) in [6.07, 6.45) is 6.40. The van der Waals surface area contributed by atoms with E-state index >= 15 is 0 Å². The van der Waals surface area contributed by atoms with Crippen molar-refractivity contribution in [2.45, 2.75) is 19.4 Å². The summed E-state index contributed by atoms with van der Waals surface area (Å²) in [6.45, 7) is 2.17. The second kappa shape index (κ2) is 5.72. The Morgan fingerprint density at radius 2 is 2.12 bits per heavy atom. The van der Waals surface area contributed by atoms with Crippen molar-refractivity contribution >= 4 is 32.6 Å². The third-order valence-electron chi connectivity index (χ3n) is 4.85. The highest BCUT2D eigenvalue weighted by molar-refractivity contribution is 7.18. The van der Waals surface area contributed by atoms with Crippen LogP contribution in [0, 0.1) is 5.92 Å². The standard InChI is InChI=1S/C20H18N4OS/c1-11-5-13(6-11)18(25)17-8-12-3-4-16(22-20(12)26-17)14-7-15-10-24(2)23-19(15)21-9-14/h3-5,7-11,18,25H,6H2,1-2H3/t11?,18-/m0/s1. The highest BCUT2D eigenvalue weighted by atomic mass is 32.1. The fourth-order valence-corrected chi connectivity index (χ4v) is 4.56. The monoisotopic (exact) mass is 362 g/mol. The molecular weight excluding hydrogens is 344 g/mol. The Balaban J connectivity index is 1.53. The highest BCUT2D eigenvalue weighted by Gasteiger charge is 2.24. The maximum Gasteiger partial charge on any atom is 0.181 e. The molecule has 0 saturated carbocycles. The summed E-state index contributed by atoms with van der Waals surface area (Å²) < 4.78 is 1.76. The van der Waals surface area contributed by atoms with Crippen LogP contribution >= 0.6 is 11.3 Å². The largest absolute Gasteiger partial charge is 0.383 e. The Morgan fingerprint density at radius 1 is 1.27 bits per heavy atom. The average Bonchev–Trinajstić information content (AvgIpc) is 3.19. The maximum atomic E-state index is 10.6. The van der Waals surface area contributed by atoms with Gasteiger partial charge in [-0.05, 0) is 42.2 Å². The van der Waals surface area contributed by atoms with Gasteiger partial charge < -0.3 is 5.11 Å². The van der Waals surface area contributed by atoms with E-state index in [1.807, 2.05) is 31.6 Å². The highest BCUT2D eigenvalue weighted by Crippen LogP contribution is 2.39. The first-order valence-corrected chi connectivity index (χ1v) is 9.47. The van der Waals surface area contributed by atoms with Gasteiger partial charge in [-0.3, -0.25) is 4.68 Å². The maximum absolute atomic E-state index is 10.6. The Kier molecular flexibility index (Phi) is 3.45. The van der Waals surface area contributed by atoms with Gasteiger partial charge >= 0.3 is 0 Å². The van der Waals surface area contributed by atoms with Gasteiger partial charge in [-0.15, -0.1) is 11.3 Å². The molecule has 1 N–H and O–H groups in total. The van der Waals surface area contributed by atoms with E-state index in [0.717, 1.165) is 49.4 Å². The van der Waals surface area contributed by atoms with Gasteiger partial charge in [0, 0.05) is 40.7 Å². The van der Waals surface area contributed by atoms with Crippen molar-refractivity contribution < 1.29 is 5.11 Å². The minimum atomic E-state index is -0.498. The number of hydrogen-bond donors (Lipinski definition) is 1. The van der Waals surface area contributed by atoms with Crippen LogP contribution in [0.3, 0.4) is 0 Å². The topological polar surface area (TPSA) is 63.8 Å². The van der Waals surface area contributed by atoms with Crippen molar-refractivity contribution in [2.75, 3.05) is 0 Å². The normalized spacial score (nSPS) is 18.1. The third-order valence-corrected chi connectivity index (χ3v) is 5.95. The average molecular weight is 362 g/mol. The number of thiophene rings is 1. The summed E-state index contributed by atoms with van der Waals surface area (Å²) in [5, 5.41) is 16.9. The molecule has 4 aromatic heterocycles. The molecule has 6 heteroatoms. The minimum absolute atomic E-state index is 0.498. The molecule has 4 heterocycles. The number of pyridine rings is 2. The van der Waals surface area contributed by atoms with Crippen LogP contribution < -0.4 is 0 Å². The van der Waals surface area contributed by atoms with Gasteiger partial charge in [0.25, 0.3) is 0 Å². The number of aliphatic hydroxyl groups excluding tert-OH is 1. The predicted molar refractivity (Wildman–Crippen MR) is 104 cm³/mol. The number of rotatable bonds is 3. The lowest BCUT2D eigenvalue weighted by atomic mass is 9.84. The van der Waals surface area contributed by atoms with Crippen molar-refractivity contribution in [3.8, 4) is 11.3 Å². The fraction of sp³-hybridized carbons (Fsp3) is 0.250. The van der Waals surface area contributed by atoms with Crippen LogP contribution in [-0.4, -0.2) is 24.9 Å². The first kappa shape index (κ1) is 15.7. The number of fused-ring (bicyclic) bond motifs is 2. The summed E-state index contributed by atoms with van der Waals surface area (Å²) in [7, 11) is 1.89. The molecule has 4 aromatic rings. The molecule has 1 aliphatic rings. The number of nitrogens with zero attached hydrogens (tertiary/aromatic N) is 4. The third kappa shape index (κ3) is 2.53. The van der Waals surface area contributed by atoms with E-state index in [-0.39, 0.29) is 0 Å². The zero-order chi connectivity index (χ0) is 17.8. The van der Waals surface area contributed by atoms with Gasteiger partial charge in [0.1, 0.15) is 10.9 Å². The van der Waals surface area contributed by atoms with Crippen molar-refractivity contribution in [3.63, 3.8) is 0 Å². The van der Waals surface area contributed by atoms with E-state index in [4.69, 9.17) is 4.98 Å². The molecule has 5 nitrogen and oxygen atoms in total. The fourth-order valence-electron chi connectivity index (χ4n) is 3.49. The zero-order valence-corrected chi connectivity index (χ0v) is 15.4. The predicted octanol–water partition coefficient (Wildman–Crippen LogP) is 4.24. The summed E-state index contributed by atoms with van der Waals surface area (Å²) in [5.41, 5.74) is 3.71. The van der Waals surface area contributed by atoms with Crippen LogP contribution in [0.1, 0.15) is 24.3 Å². The molecule has 2 atom stereocenters. The number of allylic oxidation sites excluding steroid dienone is 1. The van der Waals surface area contributed by atoms with Gasteiger partial charge in [-0.25, -0.2) is 9.97 Å². The van der Waals surface area contributed by atoms with Crippen molar-refractivity contribution in [1.29, 1.82) is 0 Å². The Hall–Kier alpha value is -2.57. The van der Waals surface area contributed by atoms with Gasteiger partial charge in [-0.1, -0.05) is 13.0 Å². The Bertz CT molecular complexity index is 1170. The van der Waals surface area contributed by atoms with E-state index < -0.39 is 6.10 Å². The van der Waals surface area contributed by atoms with Crippen LogP contribution in [0.4, 0.5) is 0 Å². The lowest BCUT2D eigenvalue weighted by Gasteiger charge is -2.25. The quantitative estimate of drug-likeness (QED) is 0.554. The van der Waals surface area contributed by atoms with Gasteiger partial charge in [0.15, 0.2) is 5.65 Å². The number of aromatic nitrogens is 4. The number of aryl methyl sites for hydroxylation is 1. The van der Waals surface area contributed by atoms with Crippen molar-refractivity contribution in [1.82, 2.24) is 19.7 Å². The van der Waals surface area contributed by atoms with Crippen molar-refractivity contribution in [2.24, 2.45) is 13.0 Å². The summed E-state index contributed by atoms with van der Waals surface area (Å²) >= 11 is 1.56. The molecule has 0 spiro atoms. The van der Waals surface area contributed by atoms with E-state index in [1.54, 1.807) is 16.0 Å². The number of aliphatic hydroxyl groups is 1. The molecule has 0 saturated heterocycles. The van der Waals surface area contributed by atoms with Gasteiger partial charge in [0.05, 0.1) is 5.69 Å². The molecule has 0 amide bonds. The lowest BCUT2D eigenvalue weighted by Crippen LogP contribution is -2.12. The molecule has 0 radical (unpaired) electrons. The lowest BCUT2D eigenvalue weighted by molar-refractivity contribution is 0.204. The second-order valence-electron chi connectivity index (χ2n) is 7.00. The van der Waals surface area contributed by atoms with E-state index in [2.05, 4.69) is 35.2 Å². The first-order valence-electron chi connectivity index (χ1n) is 8.66. The second-order valence-corrected chi connectivity index (χ2v) is 8.07. The van der Waals surface area contributed by atoms with Gasteiger partial charge in [0.2, 0.25) is 0 Å². The molecule has 1 aliphatic carbocycles. The Morgan fingerprint density at radius 3 is 2.92 bits per heavy atom. The SMILES string of the molecule is CC1C=C([C@H](O)c2cc3ccc(-c4cnc5nn(C)cc5c4)nc3s2)C1. The molecule has 0 fully saturated rings. The first-order chi connectivity index (χ1) is 12.6. The number of hydrogen-bond acceptors (Lipinski definition) is 5. The van der Waals surface area contributed by atoms with Crippen LogP contribution in [0.2, 0.25) is 0 Å². The molecule has 0 aromatic carbocycles. The van der Waals surface area contributed by atoms with Crippen LogP contribution in [-0.2, 0) is 7.05 Å². The van der Waals surface area contributed by atoms with Crippen LogP contribution in [0.5, 0.6) is 0 Å². The molecule has 1 unspecified atom stereocenters. The molecule has 5 rings (SSSR count). The van der Waals surface area contributed by atoms with Crippen LogP contribution in [0.15, 0.2) is 48.3 Å². The van der Waals surface area contributed by atoms with E-state index in [9.17, 15) is 5.11 Å². The van der Waals surface area contributed by atoms with Crippen LogP contribution in [0.25, 0.3) is 32.5 Å². The van der Waals surface area contributed by atoms with Crippen molar-refractivity contribution in [3.05, 3.63) is 53.2 Å². The summed E-state index contributed by atoms with van der Waals surface area (Å²) in [5.74, 6) is 0.577. The molecule has 0 aliphatic heterocycles. The van der Waals surface area contributed by atoms with Gasteiger partial charge in [-0.2, -0.15) is 5.10 Å². The molecular formula is C20H18N4OS. The minimum Gasteiger partial charge on any atom is -0.383 e. The smallest absolute Gasteiger partial charge is 0.181 e. The van der Waals surface area contributed by atoms with E-state index in [0.29, 0.717) is 5.92 Å². The molecule has 26 heavy (non-hydrogen) atoms.